The highest BCUT2D eigenvalue weighted by Gasteiger charge is 2.38. The summed E-state index contributed by atoms with van der Waals surface area (Å²) in [6, 6.07) is 12.2. The number of halogens is 5. The zero-order valence-corrected chi connectivity index (χ0v) is 15.8. The summed E-state index contributed by atoms with van der Waals surface area (Å²) >= 11 is 0. The van der Waals surface area contributed by atoms with Crippen molar-refractivity contribution in [3.63, 3.8) is 0 Å². The van der Waals surface area contributed by atoms with Crippen molar-refractivity contribution in [2.75, 3.05) is 5.32 Å². The predicted molar refractivity (Wildman–Crippen MR) is 105 cm³/mol. The van der Waals surface area contributed by atoms with Gasteiger partial charge in [-0.15, -0.1) is 4.91 Å². The van der Waals surface area contributed by atoms with E-state index in [0.717, 1.165) is 6.07 Å². The van der Waals surface area contributed by atoms with Crippen molar-refractivity contribution in [3.05, 3.63) is 71.4 Å². The Bertz CT molecular complexity index is 1270. The number of aromatic nitrogens is 3. The van der Waals surface area contributed by atoms with Gasteiger partial charge in [0.1, 0.15) is 28.6 Å². The Labute approximate surface area is 176 Å². The second-order valence-electron chi connectivity index (χ2n) is 6.45. The number of anilines is 2. The smallest absolute Gasteiger partial charge is 0.435 e. The minimum absolute atomic E-state index is 0.0126. The fourth-order valence-corrected chi connectivity index (χ4v) is 3.06. The zero-order valence-electron chi connectivity index (χ0n) is 15.8. The average Bonchev–Trinajstić information content (AvgIpc) is 3.15. The van der Waals surface area contributed by atoms with Crippen molar-refractivity contribution in [3.8, 4) is 17.1 Å². The Morgan fingerprint density at radius 2 is 1.78 bits per heavy atom. The van der Waals surface area contributed by atoms with E-state index in [-0.39, 0.29) is 34.3 Å². The molecule has 0 unspecified atom stereocenters. The van der Waals surface area contributed by atoms with E-state index >= 15 is 0 Å². The van der Waals surface area contributed by atoms with Gasteiger partial charge in [-0.25, -0.2) is 9.97 Å². The molecule has 12 heteroatoms. The number of hydrogen-bond acceptors (Lipinski definition) is 6. The van der Waals surface area contributed by atoms with Gasteiger partial charge in [0.25, 0.3) is 0 Å². The molecule has 0 aliphatic carbocycles. The van der Waals surface area contributed by atoms with Crippen LogP contribution in [0.4, 0.5) is 39.1 Å². The summed E-state index contributed by atoms with van der Waals surface area (Å²) in [5.74, 6) is -0.0679. The van der Waals surface area contributed by atoms with E-state index in [1.54, 1.807) is 0 Å². The van der Waals surface area contributed by atoms with Crippen LogP contribution in [0.3, 0.4) is 0 Å². The SMILES string of the molecule is O=Nc1cc(Nc2ccc(OC(F)F)cc2)nc(-c2c(C(F)(F)F)nc3ccccn23)c1. The number of fused-ring (bicyclic) bond motifs is 1. The molecule has 32 heavy (non-hydrogen) atoms. The van der Waals surface area contributed by atoms with Gasteiger partial charge in [-0.1, -0.05) is 6.07 Å². The van der Waals surface area contributed by atoms with Gasteiger partial charge in [0.05, 0.1) is 5.69 Å². The van der Waals surface area contributed by atoms with Gasteiger partial charge in [0.2, 0.25) is 0 Å². The van der Waals surface area contributed by atoms with Gasteiger partial charge in [0, 0.05) is 18.0 Å². The number of hydrogen-bond donors (Lipinski definition) is 1. The van der Waals surface area contributed by atoms with Gasteiger partial charge in [-0.05, 0) is 47.6 Å². The molecule has 0 amide bonds. The molecule has 1 aromatic carbocycles. The summed E-state index contributed by atoms with van der Waals surface area (Å²) in [5, 5.41) is 5.62. The lowest BCUT2D eigenvalue weighted by Crippen LogP contribution is -2.08. The molecule has 0 bridgehead atoms. The highest BCUT2D eigenvalue weighted by molar-refractivity contribution is 5.71. The summed E-state index contributed by atoms with van der Waals surface area (Å²) < 4.78 is 71.0. The minimum Gasteiger partial charge on any atom is -0.435 e. The average molecular weight is 449 g/mol. The van der Waals surface area contributed by atoms with Gasteiger partial charge < -0.3 is 10.1 Å². The molecule has 0 saturated heterocycles. The molecule has 3 aromatic heterocycles. The maximum Gasteiger partial charge on any atom is 0.435 e. The molecule has 0 spiro atoms. The van der Waals surface area contributed by atoms with E-state index < -0.39 is 18.5 Å². The third-order valence-corrected chi connectivity index (χ3v) is 4.31. The molecule has 164 valence electrons. The molecule has 7 nitrogen and oxygen atoms in total. The van der Waals surface area contributed by atoms with Crippen LogP contribution in [-0.4, -0.2) is 21.0 Å². The Morgan fingerprint density at radius 1 is 1.03 bits per heavy atom. The van der Waals surface area contributed by atoms with Gasteiger partial charge in [-0.3, -0.25) is 4.40 Å². The number of ether oxygens (including phenoxy) is 1. The molecule has 4 rings (SSSR count). The number of imidazole rings is 1. The summed E-state index contributed by atoms with van der Waals surface area (Å²) in [7, 11) is 0. The predicted octanol–water partition coefficient (Wildman–Crippen LogP) is 6.16. The summed E-state index contributed by atoms with van der Waals surface area (Å²) in [6.45, 7) is -2.98. The van der Waals surface area contributed by atoms with E-state index in [2.05, 4.69) is 25.2 Å². The van der Waals surface area contributed by atoms with Crippen molar-refractivity contribution in [2.24, 2.45) is 5.18 Å². The number of rotatable bonds is 6. The molecule has 0 radical (unpaired) electrons. The Balaban J connectivity index is 1.78. The van der Waals surface area contributed by atoms with Crippen LogP contribution in [0.1, 0.15) is 5.69 Å². The van der Waals surface area contributed by atoms with E-state index in [4.69, 9.17) is 0 Å². The second-order valence-corrected chi connectivity index (χ2v) is 6.45. The van der Waals surface area contributed by atoms with Gasteiger partial charge >= 0.3 is 12.8 Å². The maximum absolute atomic E-state index is 13.7. The first-order chi connectivity index (χ1) is 15.2. The van der Waals surface area contributed by atoms with Crippen LogP contribution in [0.2, 0.25) is 0 Å². The lowest BCUT2D eigenvalue weighted by Gasteiger charge is -2.11. The third-order valence-electron chi connectivity index (χ3n) is 4.31. The van der Waals surface area contributed by atoms with Crippen molar-refractivity contribution < 1.29 is 26.7 Å². The second kappa shape index (κ2) is 8.21. The fourth-order valence-electron chi connectivity index (χ4n) is 3.06. The summed E-state index contributed by atoms with van der Waals surface area (Å²) in [6.07, 6.45) is -3.38. The molecule has 0 aliphatic rings. The monoisotopic (exact) mass is 449 g/mol. The quantitative estimate of drug-likeness (QED) is 0.282. The number of nitrogens with one attached hydrogen (secondary N) is 1. The Kier molecular flexibility index (Phi) is 5.43. The van der Waals surface area contributed by atoms with Crippen LogP contribution in [-0.2, 0) is 6.18 Å². The highest BCUT2D eigenvalue weighted by Crippen LogP contribution is 2.38. The third kappa shape index (κ3) is 4.33. The molecule has 0 aliphatic heterocycles. The van der Waals surface area contributed by atoms with Crippen LogP contribution >= 0.6 is 0 Å². The van der Waals surface area contributed by atoms with Gasteiger partial charge in [0.15, 0.2) is 5.69 Å². The summed E-state index contributed by atoms with van der Waals surface area (Å²) in [5.41, 5.74) is -1.48. The van der Waals surface area contributed by atoms with Crippen LogP contribution in [0.25, 0.3) is 17.0 Å². The summed E-state index contributed by atoms with van der Waals surface area (Å²) in [4.78, 5) is 19.0. The number of nitroso groups, excluding NO2 is 1. The first-order valence-corrected chi connectivity index (χ1v) is 8.96. The van der Waals surface area contributed by atoms with E-state index in [1.165, 1.54) is 59.1 Å². The van der Waals surface area contributed by atoms with Crippen molar-refractivity contribution in [1.82, 2.24) is 14.4 Å². The van der Waals surface area contributed by atoms with E-state index in [1.807, 2.05) is 0 Å². The topological polar surface area (TPSA) is 80.9 Å². The molecule has 0 fully saturated rings. The largest absolute Gasteiger partial charge is 0.435 e. The van der Waals surface area contributed by atoms with Crippen LogP contribution < -0.4 is 10.1 Å². The van der Waals surface area contributed by atoms with Crippen molar-refractivity contribution in [1.29, 1.82) is 0 Å². The highest BCUT2D eigenvalue weighted by atomic mass is 19.4. The van der Waals surface area contributed by atoms with Crippen LogP contribution in [0.5, 0.6) is 5.75 Å². The van der Waals surface area contributed by atoms with Crippen molar-refractivity contribution >= 4 is 22.8 Å². The molecule has 3 heterocycles. The number of pyridine rings is 2. The molecule has 4 aromatic rings. The van der Waals surface area contributed by atoms with Gasteiger partial charge in [-0.2, -0.15) is 22.0 Å². The molecule has 0 saturated carbocycles. The Hall–Kier alpha value is -4.09. The van der Waals surface area contributed by atoms with Crippen LogP contribution in [0.15, 0.2) is 66.0 Å². The minimum atomic E-state index is -4.78. The molecule has 1 N–H and O–H groups in total. The molecular formula is C20H12F5N5O2. The first kappa shape index (κ1) is 21.2. The first-order valence-electron chi connectivity index (χ1n) is 8.96. The van der Waals surface area contributed by atoms with Crippen molar-refractivity contribution in [2.45, 2.75) is 12.8 Å². The van der Waals surface area contributed by atoms with E-state index in [9.17, 15) is 26.9 Å². The number of nitrogens with zero attached hydrogens (tertiary/aromatic N) is 4. The lowest BCUT2D eigenvalue weighted by atomic mass is 10.2. The molecule has 0 atom stereocenters. The lowest BCUT2D eigenvalue weighted by molar-refractivity contribution is -0.140. The maximum atomic E-state index is 13.7. The molecular weight excluding hydrogens is 437 g/mol. The zero-order chi connectivity index (χ0) is 22.9. The normalized spacial score (nSPS) is 11.7. The number of alkyl halides is 5. The Morgan fingerprint density at radius 3 is 2.44 bits per heavy atom. The standard InChI is InChI=1S/C20H12F5N5O2/c21-19(22)32-13-6-4-11(5-7-13)26-15-10-12(29-31)9-14(27-15)17-18(20(23,24)25)28-16-3-1-2-8-30(16)17/h1-10,19H,(H,26,27). The van der Waals surface area contributed by atoms with E-state index in [0.29, 0.717) is 5.69 Å². The number of benzene rings is 1. The van der Waals surface area contributed by atoms with Crippen LogP contribution in [0, 0.1) is 4.91 Å². The fraction of sp³-hybridized carbons (Fsp3) is 0.100.